The largest absolute Gasteiger partial charge is 0.383 e. The van der Waals surface area contributed by atoms with Gasteiger partial charge in [0.1, 0.15) is 6.04 Å². The second-order valence-electron chi connectivity index (χ2n) is 5.66. The van der Waals surface area contributed by atoms with Gasteiger partial charge in [0.2, 0.25) is 5.91 Å². The Balaban J connectivity index is 0.00000242. The van der Waals surface area contributed by atoms with E-state index in [1.165, 1.54) is 16.8 Å². The Bertz CT molecular complexity index is 502. The summed E-state index contributed by atoms with van der Waals surface area (Å²) in [6.07, 6.45) is 0. The molecule has 5 nitrogen and oxygen atoms in total. The smallest absolute Gasteiger partial charge is 0.241 e. The molecule has 124 valence electrons. The molecule has 1 aliphatic heterocycles. The lowest BCUT2D eigenvalue weighted by molar-refractivity contribution is -0.134. The molecular weight excluding hydrogens is 302 g/mol. The summed E-state index contributed by atoms with van der Waals surface area (Å²) in [5.41, 5.74) is 9.62. The van der Waals surface area contributed by atoms with E-state index in [4.69, 9.17) is 10.5 Å². The van der Waals surface area contributed by atoms with E-state index >= 15 is 0 Å². The van der Waals surface area contributed by atoms with Gasteiger partial charge in [0.25, 0.3) is 0 Å². The monoisotopic (exact) mass is 327 g/mol. The number of nitrogens with two attached hydrogens (primary N) is 1. The maximum atomic E-state index is 12.2. The third-order valence-corrected chi connectivity index (χ3v) is 3.96. The Kier molecular flexibility index (Phi) is 7.13. The first-order chi connectivity index (χ1) is 10.0. The highest BCUT2D eigenvalue weighted by Crippen LogP contribution is 2.22. The summed E-state index contributed by atoms with van der Waals surface area (Å²) in [5.74, 6) is -0.0162. The van der Waals surface area contributed by atoms with Gasteiger partial charge < -0.3 is 20.3 Å². The summed E-state index contributed by atoms with van der Waals surface area (Å²) < 4.78 is 4.95. The zero-order chi connectivity index (χ0) is 15.4. The van der Waals surface area contributed by atoms with Crippen molar-refractivity contribution in [3.05, 3.63) is 29.3 Å². The van der Waals surface area contributed by atoms with Crippen molar-refractivity contribution in [3.8, 4) is 0 Å². The number of hydrogen-bond donors (Lipinski definition) is 1. The van der Waals surface area contributed by atoms with E-state index in [1.54, 1.807) is 7.11 Å². The Morgan fingerprint density at radius 1 is 1.27 bits per heavy atom. The highest BCUT2D eigenvalue weighted by Gasteiger charge is 2.25. The van der Waals surface area contributed by atoms with E-state index in [9.17, 15) is 4.79 Å². The van der Waals surface area contributed by atoms with Crippen LogP contribution in [-0.4, -0.2) is 56.7 Å². The van der Waals surface area contributed by atoms with Crippen molar-refractivity contribution in [1.82, 2.24) is 4.90 Å². The van der Waals surface area contributed by atoms with Crippen LogP contribution in [0.5, 0.6) is 0 Å². The average molecular weight is 328 g/mol. The van der Waals surface area contributed by atoms with E-state index in [0.717, 1.165) is 13.1 Å². The predicted molar refractivity (Wildman–Crippen MR) is 91.8 cm³/mol. The number of aryl methyl sites for hydroxylation is 2. The van der Waals surface area contributed by atoms with Crippen LogP contribution in [0, 0.1) is 13.8 Å². The summed E-state index contributed by atoms with van der Waals surface area (Å²) >= 11 is 0. The average Bonchev–Trinajstić information content (AvgIpc) is 2.49. The number of anilines is 1. The second kappa shape index (κ2) is 8.36. The van der Waals surface area contributed by atoms with Crippen molar-refractivity contribution in [2.75, 3.05) is 44.8 Å². The molecule has 0 bridgehead atoms. The molecule has 1 unspecified atom stereocenters. The maximum absolute atomic E-state index is 12.2. The Morgan fingerprint density at radius 2 is 1.91 bits per heavy atom. The molecule has 2 N–H and O–H groups in total. The molecule has 0 radical (unpaired) electrons. The Morgan fingerprint density at radius 3 is 2.50 bits per heavy atom. The van der Waals surface area contributed by atoms with Crippen molar-refractivity contribution >= 4 is 24.0 Å². The second-order valence-corrected chi connectivity index (χ2v) is 5.66. The van der Waals surface area contributed by atoms with Crippen LogP contribution >= 0.6 is 12.4 Å². The zero-order valence-corrected chi connectivity index (χ0v) is 14.4. The molecule has 2 rings (SSSR count). The van der Waals surface area contributed by atoms with Crippen LogP contribution in [0.25, 0.3) is 0 Å². The van der Waals surface area contributed by atoms with Gasteiger partial charge in [-0.05, 0) is 31.0 Å². The maximum Gasteiger partial charge on any atom is 0.241 e. The normalized spacial score (nSPS) is 16.2. The lowest BCUT2D eigenvalue weighted by Crippen LogP contribution is -2.54. The quantitative estimate of drug-likeness (QED) is 0.907. The summed E-state index contributed by atoms with van der Waals surface area (Å²) in [6.45, 7) is 7.61. The topological polar surface area (TPSA) is 58.8 Å². The highest BCUT2D eigenvalue weighted by atomic mass is 35.5. The molecule has 1 fully saturated rings. The number of halogens is 1. The number of carbonyl (C=O) groups excluding carboxylic acids is 1. The molecule has 6 heteroatoms. The van der Waals surface area contributed by atoms with Gasteiger partial charge in [-0.2, -0.15) is 0 Å². The molecule has 0 aromatic heterocycles. The first kappa shape index (κ1) is 18.7. The fourth-order valence-electron chi connectivity index (χ4n) is 2.71. The van der Waals surface area contributed by atoms with Crippen molar-refractivity contribution < 1.29 is 9.53 Å². The number of amides is 1. The van der Waals surface area contributed by atoms with Gasteiger partial charge in [-0.15, -0.1) is 12.4 Å². The van der Waals surface area contributed by atoms with E-state index < -0.39 is 6.04 Å². The lowest BCUT2D eigenvalue weighted by Gasteiger charge is -2.37. The minimum absolute atomic E-state index is 0. The molecule has 0 saturated carbocycles. The predicted octanol–water partition coefficient (Wildman–Crippen LogP) is 1.35. The summed E-state index contributed by atoms with van der Waals surface area (Å²) in [5, 5.41) is 0. The van der Waals surface area contributed by atoms with E-state index in [0.29, 0.717) is 13.1 Å². The fraction of sp³-hybridized carbons (Fsp3) is 0.562. The number of carbonyl (C=O) groups is 1. The minimum Gasteiger partial charge on any atom is -0.383 e. The summed E-state index contributed by atoms with van der Waals surface area (Å²) in [7, 11) is 1.56. The van der Waals surface area contributed by atoms with Gasteiger partial charge >= 0.3 is 0 Å². The van der Waals surface area contributed by atoms with Crippen LogP contribution in [0.1, 0.15) is 11.1 Å². The van der Waals surface area contributed by atoms with Crippen molar-refractivity contribution in [2.24, 2.45) is 5.73 Å². The SMILES string of the molecule is COCC(N)C(=O)N1CCN(c2cc(C)ccc2C)CC1.Cl. The van der Waals surface area contributed by atoms with Crippen LogP contribution in [0.2, 0.25) is 0 Å². The molecular formula is C16H26ClN3O2. The number of nitrogens with zero attached hydrogens (tertiary/aromatic N) is 2. The summed E-state index contributed by atoms with van der Waals surface area (Å²) in [4.78, 5) is 16.3. The Hall–Kier alpha value is -1.30. The first-order valence-electron chi connectivity index (χ1n) is 7.38. The van der Waals surface area contributed by atoms with Gasteiger partial charge in [-0.25, -0.2) is 0 Å². The molecule has 1 amide bonds. The van der Waals surface area contributed by atoms with Gasteiger partial charge in [0, 0.05) is 39.0 Å². The number of piperazine rings is 1. The number of ether oxygens (including phenoxy) is 1. The Labute approximate surface area is 138 Å². The molecule has 0 spiro atoms. The van der Waals surface area contributed by atoms with Gasteiger partial charge in [-0.1, -0.05) is 12.1 Å². The molecule has 1 atom stereocenters. The summed E-state index contributed by atoms with van der Waals surface area (Å²) in [6, 6.07) is 5.94. The van der Waals surface area contributed by atoms with E-state index in [2.05, 4.69) is 36.9 Å². The molecule has 0 aliphatic carbocycles. The van der Waals surface area contributed by atoms with E-state index in [-0.39, 0.29) is 24.9 Å². The van der Waals surface area contributed by atoms with Crippen molar-refractivity contribution in [1.29, 1.82) is 0 Å². The molecule has 1 saturated heterocycles. The molecule has 1 aromatic rings. The van der Waals surface area contributed by atoms with Crippen molar-refractivity contribution in [3.63, 3.8) is 0 Å². The first-order valence-corrected chi connectivity index (χ1v) is 7.38. The fourth-order valence-corrected chi connectivity index (χ4v) is 2.71. The van der Waals surface area contributed by atoms with Gasteiger partial charge in [0.05, 0.1) is 6.61 Å². The number of rotatable bonds is 4. The van der Waals surface area contributed by atoms with E-state index in [1.807, 2.05) is 4.90 Å². The number of hydrogen-bond acceptors (Lipinski definition) is 4. The van der Waals surface area contributed by atoms with Crippen LogP contribution in [0.3, 0.4) is 0 Å². The molecule has 22 heavy (non-hydrogen) atoms. The minimum atomic E-state index is -0.553. The van der Waals surface area contributed by atoms with Crippen LogP contribution in [0.15, 0.2) is 18.2 Å². The van der Waals surface area contributed by atoms with Gasteiger partial charge in [-0.3, -0.25) is 4.79 Å². The third-order valence-electron chi connectivity index (χ3n) is 3.96. The molecule has 1 aromatic carbocycles. The lowest BCUT2D eigenvalue weighted by atomic mass is 10.1. The highest BCUT2D eigenvalue weighted by molar-refractivity contribution is 5.85. The zero-order valence-electron chi connectivity index (χ0n) is 13.5. The number of benzene rings is 1. The van der Waals surface area contributed by atoms with Crippen LogP contribution in [-0.2, 0) is 9.53 Å². The van der Waals surface area contributed by atoms with Crippen LogP contribution in [0.4, 0.5) is 5.69 Å². The number of methoxy groups -OCH3 is 1. The standard InChI is InChI=1S/C16H25N3O2.ClH/c1-12-4-5-13(2)15(10-12)18-6-8-19(9-7-18)16(20)14(17)11-21-3;/h4-5,10,14H,6-9,11,17H2,1-3H3;1H. The molecule has 1 aliphatic rings. The van der Waals surface area contributed by atoms with Crippen molar-refractivity contribution in [2.45, 2.75) is 19.9 Å². The van der Waals surface area contributed by atoms with Gasteiger partial charge in [0.15, 0.2) is 0 Å². The van der Waals surface area contributed by atoms with Crippen LogP contribution < -0.4 is 10.6 Å². The third kappa shape index (κ3) is 4.35. The molecule has 1 heterocycles.